The molecule has 0 aliphatic carbocycles. The van der Waals surface area contributed by atoms with Crippen molar-refractivity contribution >= 4 is 40.7 Å². The number of hydrogen-bond donors (Lipinski definition) is 2. The van der Waals surface area contributed by atoms with Crippen LogP contribution in [0.2, 0.25) is 10.0 Å². The smallest absolute Gasteiger partial charge is 0.0577 e. The Labute approximate surface area is 91.0 Å². The van der Waals surface area contributed by atoms with Crippen LogP contribution in [0.25, 0.3) is 0 Å². The van der Waals surface area contributed by atoms with Crippen molar-refractivity contribution in [3.63, 3.8) is 0 Å². The molecule has 0 heterocycles. The van der Waals surface area contributed by atoms with Crippen molar-refractivity contribution in [1.29, 1.82) is 0 Å². The standard InChI is InChI=1S/C8H9Cl2NOS/c9-5-3-6(10)8(7(11)4-5)13-2-1-12/h3-4,12H,1-2,11H2. The van der Waals surface area contributed by atoms with Crippen molar-refractivity contribution in [3.05, 3.63) is 22.2 Å². The lowest BCUT2D eigenvalue weighted by molar-refractivity contribution is 0.322. The number of hydrogen-bond acceptors (Lipinski definition) is 3. The highest BCUT2D eigenvalue weighted by Crippen LogP contribution is 2.34. The van der Waals surface area contributed by atoms with Gasteiger partial charge >= 0.3 is 0 Å². The first-order valence-corrected chi connectivity index (χ1v) is 5.37. The van der Waals surface area contributed by atoms with Crippen LogP contribution in [-0.2, 0) is 0 Å². The molecule has 3 N–H and O–H groups in total. The fourth-order valence-electron chi connectivity index (χ4n) is 0.880. The third-order valence-corrected chi connectivity index (χ3v) is 3.13. The molecule has 0 saturated heterocycles. The zero-order valence-electron chi connectivity index (χ0n) is 6.76. The summed E-state index contributed by atoms with van der Waals surface area (Å²) in [4.78, 5) is 0.778. The molecule has 0 saturated carbocycles. The largest absolute Gasteiger partial charge is 0.398 e. The van der Waals surface area contributed by atoms with Gasteiger partial charge in [0.05, 0.1) is 11.6 Å². The van der Waals surface area contributed by atoms with E-state index >= 15 is 0 Å². The van der Waals surface area contributed by atoms with Crippen molar-refractivity contribution in [2.75, 3.05) is 18.1 Å². The molecule has 1 aromatic carbocycles. The third-order valence-electron chi connectivity index (χ3n) is 1.37. The van der Waals surface area contributed by atoms with E-state index in [1.807, 2.05) is 0 Å². The van der Waals surface area contributed by atoms with Gasteiger partial charge in [0, 0.05) is 21.4 Å². The molecule has 0 fully saturated rings. The molecule has 5 heteroatoms. The second-order valence-electron chi connectivity index (χ2n) is 2.38. The van der Waals surface area contributed by atoms with Gasteiger partial charge in [0.1, 0.15) is 0 Å². The summed E-state index contributed by atoms with van der Waals surface area (Å²) in [6, 6.07) is 3.28. The topological polar surface area (TPSA) is 46.2 Å². The highest BCUT2D eigenvalue weighted by molar-refractivity contribution is 7.99. The number of thioether (sulfide) groups is 1. The molecule has 1 rings (SSSR count). The molecule has 13 heavy (non-hydrogen) atoms. The third kappa shape index (κ3) is 2.95. The Balaban J connectivity index is 2.92. The second kappa shape index (κ2) is 4.96. The summed E-state index contributed by atoms with van der Waals surface area (Å²) >= 11 is 13.1. The molecule has 0 unspecified atom stereocenters. The van der Waals surface area contributed by atoms with Crippen LogP contribution in [0, 0.1) is 0 Å². The molecule has 0 atom stereocenters. The highest BCUT2D eigenvalue weighted by Gasteiger charge is 2.06. The average Bonchev–Trinajstić information content (AvgIpc) is 2.02. The van der Waals surface area contributed by atoms with Crippen LogP contribution in [0.4, 0.5) is 5.69 Å². The van der Waals surface area contributed by atoms with E-state index in [4.69, 9.17) is 34.0 Å². The SMILES string of the molecule is Nc1cc(Cl)cc(Cl)c1SCCO. The normalized spacial score (nSPS) is 10.4. The van der Waals surface area contributed by atoms with Crippen LogP contribution in [0.1, 0.15) is 0 Å². The van der Waals surface area contributed by atoms with Gasteiger partial charge < -0.3 is 10.8 Å². The van der Waals surface area contributed by atoms with Crippen LogP contribution in [-0.4, -0.2) is 17.5 Å². The van der Waals surface area contributed by atoms with Gasteiger partial charge in [-0.15, -0.1) is 11.8 Å². The summed E-state index contributed by atoms with van der Waals surface area (Å²) in [5, 5.41) is 9.69. The first kappa shape index (κ1) is 11.0. The number of benzene rings is 1. The lowest BCUT2D eigenvalue weighted by Gasteiger charge is -2.06. The number of rotatable bonds is 3. The van der Waals surface area contributed by atoms with E-state index in [1.54, 1.807) is 12.1 Å². The van der Waals surface area contributed by atoms with Crippen molar-refractivity contribution < 1.29 is 5.11 Å². The van der Waals surface area contributed by atoms with Crippen LogP contribution in [0.3, 0.4) is 0 Å². The number of anilines is 1. The van der Waals surface area contributed by atoms with Crippen molar-refractivity contribution in [3.8, 4) is 0 Å². The van der Waals surface area contributed by atoms with Crippen LogP contribution < -0.4 is 5.73 Å². The van der Waals surface area contributed by atoms with Gasteiger partial charge in [0.25, 0.3) is 0 Å². The van der Waals surface area contributed by atoms with E-state index in [1.165, 1.54) is 11.8 Å². The predicted molar refractivity (Wildman–Crippen MR) is 58.7 cm³/mol. The minimum absolute atomic E-state index is 0.100. The monoisotopic (exact) mass is 237 g/mol. The van der Waals surface area contributed by atoms with Crippen LogP contribution in [0.5, 0.6) is 0 Å². The molecule has 2 nitrogen and oxygen atoms in total. The maximum Gasteiger partial charge on any atom is 0.0577 e. The van der Waals surface area contributed by atoms with Gasteiger partial charge in [-0.2, -0.15) is 0 Å². The van der Waals surface area contributed by atoms with Gasteiger partial charge in [-0.05, 0) is 12.1 Å². The number of nitrogens with two attached hydrogens (primary N) is 1. The summed E-state index contributed by atoms with van der Waals surface area (Å²) in [6.45, 7) is 0.100. The van der Waals surface area contributed by atoms with Gasteiger partial charge in [0.15, 0.2) is 0 Å². The van der Waals surface area contributed by atoms with Gasteiger partial charge in [-0.3, -0.25) is 0 Å². The van der Waals surface area contributed by atoms with Crippen molar-refractivity contribution in [2.24, 2.45) is 0 Å². The Morgan fingerprint density at radius 1 is 1.38 bits per heavy atom. The molecule has 0 amide bonds. The van der Waals surface area contributed by atoms with Gasteiger partial charge in [-0.1, -0.05) is 23.2 Å². The molecular formula is C8H9Cl2NOS. The Kier molecular flexibility index (Phi) is 4.19. The van der Waals surface area contributed by atoms with E-state index in [0.29, 0.717) is 21.5 Å². The Hall–Kier alpha value is -0.0900. The maximum absolute atomic E-state index is 8.63. The predicted octanol–water partition coefficient (Wildman–Crippen LogP) is 2.66. The number of aliphatic hydroxyl groups is 1. The molecule has 0 aliphatic heterocycles. The zero-order chi connectivity index (χ0) is 9.84. The molecule has 0 spiro atoms. The fourth-order valence-corrected chi connectivity index (χ4v) is 2.27. The molecule has 0 aliphatic rings. The van der Waals surface area contributed by atoms with E-state index in [2.05, 4.69) is 0 Å². The fraction of sp³-hybridized carbons (Fsp3) is 0.250. The van der Waals surface area contributed by atoms with Crippen LogP contribution in [0.15, 0.2) is 17.0 Å². The van der Waals surface area contributed by atoms with Crippen LogP contribution >= 0.6 is 35.0 Å². The first-order valence-electron chi connectivity index (χ1n) is 3.63. The first-order chi connectivity index (χ1) is 6.15. The van der Waals surface area contributed by atoms with Crippen molar-refractivity contribution in [1.82, 2.24) is 0 Å². The molecule has 0 bridgehead atoms. The van der Waals surface area contributed by atoms with E-state index in [0.717, 1.165) is 4.90 Å². The Morgan fingerprint density at radius 2 is 2.08 bits per heavy atom. The number of aliphatic hydroxyl groups excluding tert-OH is 1. The molecule has 72 valence electrons. The van der Waals surface area contributed by atoms with Gasteiger partial charge in [-0.25, -0.2) is 0 Å². The minimum atomic E-state index is 0.100. The van der Waals surface area contributed by atoms with E-state index < -0.39 is 0 Å². The summed E-state index contributed by atoms with van der Waals surface area (Å²) < 4.78 is 0. The number of nitrogen functional groups attached to an aromatic ring is 1. The average molecular weight is 238 g/mol. The number of halogens is 2. The zero-order valence-corrected chi connectivity index (χ0v) is 9.09. The molecular weight excluding hydrogens is 229 g/mol. The highest BCUT2D eigenvalue weighted by atomic mass is 35.5. The minimum Gasteiger partial charge on any atom is -0.398 e. The Bertz CT molecular complexity index is 283. The second-order valence-corrected chi connectivity index (χ2v) is 4.33. The molecule has 1 aromatic rings. The van der Waals surface area contributed by atoms with E-state index in [-0.39, 0.29) is 6.61 Å². The lowest BCUT2D eigenvalue weighted by Crippen LogP contribution is -1.92. The summed E-state index contributed by atoms with van der Waals surface area (Å²) in [7, 11) is 0. The van der Waals surface area contributed by atoms with Gasteiger partial charge in [0.2, 0.25) is 0 Å². The molecule has 0 aromatic heterocycles. The maximum atomic E-state index is 8.63. The lowest BCUT2D eigenvalue weighted by atomic mass is 10.3. The Morgan fingerprint density at radius 3 is 2.62 bits per heavy atom. The molecule has 0 radical (unpaired) electrons. The van der Waals surface area contributed by atoms with Crippen molar-refractivity contribution in [2.45, 2.75) is 4.90 Å². The summed E-state index contributed by atoms with van der Waals surface area (Å²) in [6.07, 6.45) is 0. The summed E-state index contributed by atoms with van der Waals surface area (Å²) in [5.41, 5.74) is 6.24. The summed E-state index contributed by atoms with van der Waals surface area (Å²) in [5.74, 6) is 0.575. The van der Waals surface area contributed by atoms with E-state index in [9.17, 15) is 0 Å². The quantitative estimate of drug-likeness (QED) is 0.628.